The summed E-state index contributed by atoms with van der Waals surface area (Å²) in [6.45, 7) is 6.80. The number of carbonyl (C=O) groups excluding carboxylic acids is 2. The van der Waals surface area contributed by atoms with Gasteiger partial charge < -0.3 is 19.8 Å². The topological polar surface area (TPSA) is 116 Å². The zero-order chi connectivity index (χ0) is 24.1. The summed E-state index contributed by atoms with van der Waals surface area (Å²) in [5.74, 6) is 0.485. The van der Waals surface area contributed by atoms with Gasteiger partial charge in [0.1, 0.15) is 11.5 Å². The third-order valence-corrected chi connectivity index (χ3v) is 5.11. The maximum absolute atomic E-state index is 12.8. The molecule has 0 saturated heterocycles. The van der Waals surface area contributed by atoms with Gasteiger partial charge in [-0.05, 0) is 50.6 Å². The Kier molecular flexibility index (Phi) is 6.77. The molecule has 1 aromatic carbocycles. The van der Waals surface area contributed by atoms with Crippen LogP contribution in [0.2, 0.25) is 0 Å². The van der Waals surface area contributed by atoms with Crippen LogP contribution in [0.4, 0.5) is 5.69 Å². The molecule has 34 heavy (non-hydrogen) atoms. The van der Waals surface area contributed by atoms with E-state index in [0.29, 0.717) is 18.0 Å². The molecule has 10 heteroatoms. The lowest BCUT2D eigenvalue weighted by Gasteiger charge is -2.09. The summed E-state index contributed by atoms with van der Waals surface area (Å²) < 4.78 is 14.1. The largest absolute Gasteiger partial charge is 0.471 e. The molecule has 0 aliphatic heterocycles. The Hall–Kier alpha value is -4.34. The van der Waals surface area contributed by atoms with Gasteiger partial charge in [-0.2, -0.15) is 10.2 Å². The molecule has 176 valence electrons. The van der Waals surface area contributed by atoms with E-state index in [4.69, 9.17) is 9.15 Å². The maximum Gasteiger partial charge on any atom is 0.276 e. The molecule has 0 bridgehead atoms. The van der Waals surface area contributed by atoms with Crippen molar-refractivity contribution in [3.8, 4) is 5.75 Å². The van der Waals surface area contributed by atoms with Gasteiger partial charge in [0.2, 0.25) is 0 Å². The molecule has 0 radical (unpaired) electrons. The van der Waals surface area contributed by atoms with Gasteiger partial charge in [0.15, 0.2) is 18.1 Å². The average molecular weight is 463 g/mol. The first-order valence-electron chi connectivity index (χ1n) is 10.9. The SMILES string of the molecule is CCn1cc(NC(=O)c2ccn(COc3ccc(C)cc3C)n2)c(C(=O)NCc2ccco2)n1. The molecule has 0 spiro atoms. The molecule has 4 aromatic rings. The fourth-order valence-corrected chi connectivity index (χ4v) is 3.34. The molecule has 0 aliphatic rings. The number of amides is 2. The zero-order valence-electron chi connectivity index (χ0n) is 19.2. The first-order valence-corrected chi connectivity index (χ1v) is 10.9. The number of nitrogens with one attached hydrogen (secondary N) is 2. The van der Waals surface area contributed by atoms with Gasteiger partial charge in [-0.3, -0.25) is 14.3 Å². The van der Waals surface area contributed by atoms with Crippen LogP contribution in [-0.4, -0.2) is 31.4 Å². The predicted octanol–water partition coefficient (Wildman–Crippen LogP) is 3.53. The lowest BCUT2D eigenvalue weighted by atomic mass is 10.1. The lowest BCUT2D eigenvalue weighted by molar-refractivity contribution is 0.0943. The van der Waals surface area contributed by atoms with Crippen LogP contribution in [-0.2, 0) is 19.8 Å². The fourth-order valence-electron chi connectivity index (χ4n) is 3.34. The van der Waals surface area contributed by atoms with Crippen LogP contribution in [0, 0.1) is 13.8 Å². The fraction of sp³-hybridized carbons (Fsp3) is 0.250. The maximum atomic E-state index is 12.8. The highest BCUT2D eigenvalue weighted by Crippen LogP contribution is 2.19. The second kappa shape index (κ2) is 10.1. The van der Waals surface area contributed by atoms with Crippen LogP contribution in [0.1, 0.15) is 44.8 Å². The molecule has 0 aliphatic carbocycles. The molecular formula is C24H26N6O4. The highest BCUT2D eigenvalue weighted by atomic mass is 16.5. The third kappa shape index (κ3) is 5.34. The summed E-state index contributed by atoms with van der Waals surface area (Å²) in [7, 11) is 0. The van der Waals surface area contributed by atoms with Crippen molar-refractivity contribution < 1.29 is 18.7 Å². The number of aromatic nitrogens is 4. The lowest BCUT2D eigenvalue weighted by Crippen LogP contribution is -2.25. The molecule has 0 saturated carbocycles. The number of hydrogen-bond acceptors (Lipinski definition) is 6. The van der Waals surface area contributed by atoms with Crippen LogP contribution in [0.5, 0.6) is 5.75 Å². The Morgan fingerprint density at radius 2 is 1.94 bits per heavy atom. The van der Waals surface area contributed by atoms with E-state index < -0.39 is 11.8 Å². The van der Waals surface area contributed by atoms with Crippen molar-refractivity contribution in [2.45, 2.75) is 40.6 Å². The van der Waals surface area contributed by atoms with Gasteiger partial charge >= 0.3 is 0 Å². The molecule has 0 unspecified atom stereocenters. The van der Waals surface area contributed by atoms with Gasteiger partial charge in [-0.1, -0.05) is 17.7 Å². The van der Waals surface area contributed by atoms with Crippen LogP contribution in [0.15, 0.2) is 59.5 Å². The first-order chi connectivity index (χ1) is 16.4. The van der Waals surface area contributed by atoms with E-state index in [1.54, 1.807) is 35.3 Å². The summed E-state index contributed by atoms with van der Waals surface area (Å²) in [5.41, 5.74) is 2.78. The van der Waals surface area contributed by atoms with Crippen LogP contribution in [0.3, 0.4) is 0 Å². The van der Waals surface area contributed by atoms with Gasteiger partial charge in [0.05, 0.1) is 18.5 Å². The second-order valence-electron chi connectivity index (χ2n) is 7.75. The number of hydrogen-bond donors (Lipinski definition) is 2. The molecule has 0 atom stereocenters. The molecule has 3 heterocycles. The van der Waals surface area contributed by atoms with E-state index in [9.17, 15) is 9.59 Å². The summed E-state index contributed by atoms with van der Waals surface area (Å²) in [4.78, 5) is 25.5. The summed E-state index contributed by atoms with van der Waals surface area (Å²) in [5, 5.41) is 14.0. The Balaban J connectivity index is 1.41. The van der Waals surface area contributed by atoms with Crippen molar-refractivity contribution in [2.24, 2.45) is 0 Å². The molecule has 4 rings (SSSR count). The van der Waals surface area contributed by atoms with Gasteiger partial charge in [-0.25, -0.2) is 4.68 Å². The van der Waals surface area contributed by atoms with Crippen molar-refractivity contribution in [2.75, 3.05) is 5.32 Å². The summed E-state index contributed by atoms with van der Waals surface area (Å²) in [6.07, 6.45) is 4.80. The van der Waals surface area contributed by atoms with Gasteiger partial charge in [0.25, 0.3) is 11.8 Å². The quantitative estimate of drug-likeness (QED) is 0.393. The molecule has 2 N–H and O–H groups in total. The highest BCUT2D eigenvalue weighted by Gasteiger charge is 2.20. The van der Waals surface area contributed by atoms with Crippen molar-refractivity contribution in [3.05, 3.63) is 83.3 Å². The molecular weight excluding hydrogens is 436 g/mol. The number of rotatable bonds is 9. The molecule has 0 fully saturated rings. The average Bonchev–Trinajstić information content (AvgIpc) is 3.58. The van der Waals surface area contributed by atoms with E-state index in [2.05, 4.69) is 20.8 Å². The Labute approximate surface area is 196 Å². The number of furan rings is 1. The van der Waals surface area contributed by atoms with E-state index in [0.717, 1.165) is 16.9 Å². The van der Waals surface area contributed by atoms with Crippen LogP contribution < -0.4 is 15.4 Å². The van der Waals surface area contributed by atoms with Gasteiger partial charge in [0, 0.05) is 18.9 Å². The minimum Gasteiger partial charge on any atom is -0.471 e. The first kappa shape index (κ1) is 22.8. The number of carbonyl (C=O) groups is 2. The van der Waals surface area contributed by atoms with Crippen molar-refractivity contribution >= 4 is 17.5 Å². The van der Waals surface area contributed by atoms with E-state index in [-0.39, 0.29) is 24.7 Å². The van der Waals surface area contributed by atoms with Crippen LogP contribution >= 0.6 is 0 Å². The number of anilines is 1. The monoisotopic (exact) mass is 462 g/mol. The summed E-state index contributed by atoms with van der Waals surface area (Å²) in [6, 6.07) is 11.0. The number of nitrogens with zero attached hydrogens (tertiary/aromatic N) is 4. The Bertz CT molecular complexity index is 1290. The minimum atomic E-state index is -0.457. The zero-order valence-corrected chi connectivity index (χ0v) is 19.2. The molecule has 2 amide bonds. The standard InChI is InChI=1S/C24H26N6O4/c1-4-29-14-20(22(28-29)24(32)25-13-18-6-5-11-33-18)26-23(31)19-9-10-30(27-19)15-34-21-8-7-16(2)12-17(21)3/h5-12,14H,4,13,15H2,1-3H3,(H,25,32)(H,26,31). The van der Waals surface area contributed by atoms with Gasteiger partial charge in [-0.15, -0.1) is 0 Å². The Morgan fingerprint density at radius 1 is 1.09 bits per heavy atom. The second-order valence-corrected chi connectivity index (χ2v) is 7.75. The number of aryl methyl sites for hydroxylation is 3. The predicted molar refractivity (Wildman–Crippen MR) is 125 cm³/mol. The smallest absolute Gasteiger partial charge is 0.276 e. The normalized spacial score (nSPS) is 10.8. The third-order valence-electron chi connectivity index (χ3n) is 5.11. The Morgan fingerprint density at radius 3 is 2.68 bits per heavy atom. The molecule has 10 nitrogen and oxygen atoms in total. The molecule has 3 aromatic heterocycles. The van der Waals surface area contributed by atoms with Crippen molar-refractivity contribution in [1.82, 2.24) is 24.9 Å². The van der Waals surface area contributed by atoms with E-state index in [1.165, 1.54) is 10.9 Å². The van der Waals surface area contributed by atoms with E-state index in [1.807, 2.05) is 39.0 Å². The van der Waals surface area contributed by atoms with Crippen molar-refractivity contribution in [3.63, 3.8) is 0 Å². The summed E-state index contributed by atoms with van der Waals surface area (Å²) >= 11 is 0. The number of ether oxygens (including phenoxy) is 1. The van der Waals surface area contributed by atoms with Crippen molar-refractivity contribution in [1.29, 1.82) is 0 Å². The highest BCUT2D eigenvalue weighted by molar-refractivity contribution is 6.07. The van der Waals surface area contributed by atoms with E-state index >= 15 is 0 Å². The number of benzene rings is 1. The minimum absolute atomic E-state index is 0.111. The van der Waals surface area contributed by atoms with Crippen LogP contribution in [0.25, 0.3) is 0 Å².